The van der Waals surface area contributed by atoms with Gasteiger partial charge in [0.25, 0.3) is 10.0 Å². The maximum absolute atomic E-state index is 13.0. The van der Waals surface area contributed by atoms with Gasteiger partial charge in [-0.2, -0.15) is 13.2 Å². The van der Waals surface area contributed by atoms with E-state index in [1.807, 2.05) is 6.07 Å². The summed E-state index contributed by atoms with van der Waals surface area (Å²) in [5.41, 5.74) is 0.178. The van der Waals surface area contributed by atoms with E-state index < -0.39 is 31.7 Å². The second-order valence-electron chi connectivity index (χ2n) is 5.62. The molecule has 1 aliphatic heterocycles. The van der Waals surface area contributed by atoms with E-state index in [2.05, 4.69) is 0 Å². The lowest BCUT2D eigenvalue weighted by Gasteiger charge is -2.25. The number of hydrogen-bond acceptors (Lipinski definition) is 2. The first-order valence-electron chi connectivity index (χ1n) is 7.11. The van der Waals surface area contributed by atoms with E-state index in [9.17, 15) is 21.6 Å². The fourth-order valence-corrected chi connectivity index (χ4v) is 4.84. The van der Waals surface area contributed by atoms with Gasteiger partial charge in [-0.05, 0) is 43.2 Å². The van der Waals surface area contributed by atoms with E-state index in [1.165, 1.54) is 4.31 Å². The molecular formula is C16H13ClF3NO2S. The van der Waals surface area contributed by atoms with Gasteiger partial charge in [0.15, 0.2) is 0 Å². The van der Waals surface area contributed by atoms with Gasteiger partial charge in [0.1, 0.15) is 0 Å². The Hall–Kier alpha value is -1.73. The predicted molar refractivity (Wildman–Crippen MR) is 85.7 cm³/mol. The number of alkyl halides is 3. The monoisotopic (exact) mass is 375 g/mol. The third-order valence-electron chi connectivity index (χ3n) is 3.94. The van der Waals surface area contributed by atoms with Gasteiger partial charge >= 0.3 is 6.18 Å². The molecule has 2 aromatic rings. The summed E-state index contributed by atoms with van der Waals surface area (Å²) in [6.45, 7) is 1.72. The van der Waals surface area contributed by atoms with Crippen molar-refractivity contribution in [1.82, 2.24) is 0 Å². The Morgan fingerprint density at radius 1 is 1.17 bits per heavy atom. The van der Waals surface area contributed by atoms with Crippen LogP contribution >= 0.6 is 11.6 Å². The topological polar surface area (TPSA) is 37.4 Å². The minimum atomic E-state index is -4.73. The number of fused-ring (bicyclic) bond motifs is 1. The summed E-state index contributed by atoms with van der Waals surface area (Å²) in [5.74, 6) is 0. The molecule has 0 saturated heterocycles. The lowest BCUT2D eigenvalue weighted by atomic mass is 10.1. The van der Waals surface area contributed by atoms with Gasteiger partial charge in [0.2, 0.25) is 0 Å². The summed E-state index contributed by atoms with van der Waals surface area (Å²) in [7, 11) is -4.13. The van der Waals surface area contributed by atoms with E-state index in [-0.39, 0.29) is 6.04 Å². The summed E-state index contributed by atoms with van der Waals surface area (Å²) in [4.78, 5) is -0.428. The Bertz CT molecular complexity index is 896. The average molecular weight is 376 g/mol. The molecule has 1 heterocycles. The first-order valence-corrected chi connectivity index (χ1v) is 8.93. The summed E-state index contributed by atoms with van der Waals surface area (Å²) in [6.07, 6.45) is -4.22. The zero-order chi connectivity index (χ0) is 17.7. The van der Waals surface area contributed by atoms with Crippen LogP contribution in [-0.2, 0) is 22.6 Å². The molecule has 1 aliphatic rings. The van der Waals surface area contributed by atoms with Crippen LogP contribution in [0.4, 0.5) is 18.9 Å². The van der Waals surface area contributed by atoms with Crippen molar-refractivity contribution >= 4 is 27.3 Å². The van der Waals surface area contributed by atoms with Crippen LogP contribution in [0.15, 0.2) is 47.4 Å². The smallest absolute Gasteiger partial charge is 0.263 e. The fraction of sp³-hybridized carbons (Fsp3) is 0.250. The highest BCUT2D eigenvalue weighted by atomic mass is 35.5. The van der Waals surface area contributed by atoms with Crippen molar-refractivity contribution < 1.29 is 21.6 Å². The first kappa shape index (κ1) is 17.1. The van der Waals surface area contributed by atoms with Crippen LogP contribution < -0.4 is 4.31 Å². The van der Waals surface area contributed by atoms with Crippen LogP contribution in [0.2, 0.25) is 5.02 Å². The zero-order valence-electron chi connectivity index (χ0n) is 12.5. The molecule has 24 heavy (non-hydrogen) atoms. The predicted octanol–water partition coefficient (Wildman–Crippen LogP) is 4.50. The van der Waals surface area contributed by atoms with Crippen molar-refractivity contribution in [3.8, 4) is 0 Å². The van der Waals surface area contributed by atoms with E-state index in [0.29, 0.717) is 18.2 Å². The van der Waals surface area contributed by atoms with Crippen LogP contribution in [0.3, 0.4) is 0 Å². The Balaban J connectivity index is 2.13. The number of benzene rings is 2. The van der Waals surface area contributed by atoms with Crippen molar-refractivity contribution in [3.63, 3.8) is 0 Å². The van der Waals surface area contributed by atoms with E-state index in [1.54, 1.807) is 25.1 Å². The van der Waals surface area contributed by atoms with Gasteiger partial charge in [-0.25, -0.2) is 8.42 Å². The van der Waals surface area contributed by atoms with Gasteiger partial charge in [0, 0.05) is 6.04 Å². The zero-order valence-corrected chi connectivity index (χ0v) is 14.1. The van der Waals surface area contributed by atoms with Crippen molar-refractivity contribution in [2.24, 2.45) is 0 Å². The van der Waals surface area contributed by atoms with Gasteiger partial charge in [0.05, 0.1) is 21.2 Å². The number of rotatable bonds is 2. The SMILES string of the molecule is C[C@H]1Cc2ccccc2N1S(=O)(=O)c1ccc(Cl)c(C(F)(F)F)c1. The molecule has 1 atom stereocenters. The summed E-state index contributed by atoms with van der Waals surface area (Å²) >= 11 is 5.57. The maximum atomic E-state index is 13.0. The minimum Gasteiger partial charge on any atom is -0.263 e. The van der Waals surface area contributed by atoms with Crippen molar-refractivity contribution in [2.75, 3.05) is 4.31 Å². The summed E-state index contributed by atoms with van der Waals surface area (Å²) in [5, 5.41) is -0.531. The highest BCUT2D eigenvalue weighted by Crippen LogP contribution is 2.39. The molecule has 0 amide bonds. The lowest BCUT2D eigenvalue weighted by Crippen LogP contribution is -2.35. The quantitative estimate of drug-likeness (QED) is 0.775. The summed E-state index contributed by atoms with van der Waals surface area (Å²) in [6, 6.07) is 9.23. The van der Waals surface area contributed by atoms with Crippen molar-refractivity contribution in [3.05, 3.63) is 58.6 Å². The molecule has 0 fully saturated rings. The summed E-state index contributed by atoms with van der Waals surface area (Å²) < 4.78 is 66.1. The van der Waals surface area contributed by atoms with Gasteiger partial charge < -0.3 is 0 Å². The molecule has 3 rings (SSSR count). The molecule has 0 saturated carbocycles. The highest BCUT2D eigenvalue weighted by Gasteiger charge is 2.38. The molecule has 0 N–H and O–H groups in total. The average Bonchev–Trinajstić information content (AvgIpc) is 2.82. The number of sulfonamides is 1. The van der Waals surface area contributed by atoms with Crippen LogP contribution in [0.1, 0.15) is 18.1 Å². The van der Waals surface area contributed by atoms with E-state index in [0.717, 1.165) is 17.7 Å². The number of hydrogen-bond donors (Lipinski definition) is 0. The number of para-hydroxylation sites is 1. The van der Waals surface area contributed by atoms with Gasteiger partial charge in [-0.15, -0.1) is 0 Å². The first-order chi connectivity index (χ1) is 11.1. The normalized spacial score (nSPS) is 17.9. The minimum absolute atomic E-state index is 0.377. The van der Waals surface area contributed by atoms with Crippen LogP contribution in [0, 0.1) is 0 Å². The van der Waals surface area contributed by atoms with Crippen LogP contribution in [0.5, 0.6) is 0 Å². The second kappa shape index (κ2) is 5.67. The van der Waals surface area contributed by atoms with Gasteiger partial charge in [-0.1, -0.05) is 29.8 Å². The highest BCUT2D eigenvalue weighted by molar-refractivity contribution is 7.92. The Morgan fingerprint density at radius 3 is 2.50 bits per heavy atom. The van der Waals surface area contributed by atoms with Crippen molar-refractivity contribution in [1.29, 1.82) is 0 Å². The molecule has 8 heteroatoms. The number of nitrogens with zero attached hydrogens (tertiary/aromatic N) is 1. The number of halogens is 4. The van der Waals surface area contributed by atoms with Crippen LogP contribution in [-0.4, -0.2) is 14.5 Å². The molecule has 0 spiro atoms. The number of anilines is 1. The third kappa shape index (κ3) is 2.75. The maximum Gasteiger partial charge on any atom is 0.417 e. The molecule has 0 unspecified atom stereocenters. The molecular weight excluding hydrogens is 363 g/mol. The molecule has 0 aliphatic carbocycles. The Labute approximate surface area is 142 Å². The Morgan fingerprint density at radius 2 is 1.83 bits per heavy atom. The third-order valence-corrected chi connectivity index (χ3v) is 6.20. The van der Waals surface area contributed by atoms with Crippen molar-refractivity contribution in [2.45, 2.75) is 30.5 Å². The molecule has 128 valence electrons. The Kier molecular flexibility index (Phi) is 4.04. The largest absolute Gasteiger partial charge is 0.417 e. The lowest BCUT2D eigenvalue weighted by molar-refractivity contribution is -0.137. The molecule has 0 radical (unpaired) electrons. The molecule has 0 aromatic heterocycles. The molecule has 2 aromatic carbocycles. The standard InChI is InChI=1S/C16H13ClF3NO2S/c1-10-8-11-4-2-3-5-15(11)21(10)24(22,23)12-6-7-14(17)13(9-12)16(18,19)20/h2-7,9-10H,8H2,1H3/t10-/m0/s1. The molecule has 3 nitrogen and oxygen atoms in total. The van der Waals surface area contributed by atoms with Gasteiger partial charge in [-0.3, -0.25) is 4.31 Å². The molecule has 0 bridgehead atoms. The fourth-order valence-electron chi connectivity index (χ4n) is 2.90. The van der Waals surface area contributed by atoms with Crippen LogP contribution in [0.25, 0.3) is 0 Å². The van der Waals surface area contributed by atoms with E-state index >= 15 is 0 Å². The van der Waals surface area contributed by atoms with E-state index in [4.69, 9.17) is 11.6 Å². The second-order valence-corrected chi connectivity index (χ2v) is 7.84.